The maximum absolute atomic E-state index is 13.2. The van der Waals surface area contributed by atoms with E-state index in [0.717, 1.165) is 25.1 Å². The zero-order valence-corrected chi connectivity index (χ0v) is 11.9. The van der Waals surface area contributed by atoms with Crippen molar-refractivity contribution in [1.82, 2.24) is 5.32 Å². The van der Waals surface area contributed by atoms with Crippen LogP contribution in [0.2, 0.25) is 0 Å². The first-order chi connectivity index (χ1) is 8.19. The topological polar surface area (TPSA) is 21.3 Å². The molecular formula is C13H19BrFNO. The molecule has 1 unspecified atom stereocenters. The molecule has 0 heterocycles. The van der Waals surface area contributed by atoms with E-state index in [1.54, 1.807) is 12.1 Å². The molecule has 0 spiro atoms. The molecule has 0 radical (unpaired) electrons. The Hall–Kier alpha value is -0.450. The van der Waals surface area contributed by atoms with E-state index in [4.69, 9.17) is 4.74 Å². The highest BCUT2D eigenvalue weighted by Gasteiger charge is 2.12. The van der Waals surface area contributed by atoms with Crippen LogP contribution in [0.1, 0.15) is 31.9 Å². The number of likely N-dealkylation sites (N-methyl/N-ethyl adjacent to an activating group) is 1. The number of ether oxygens (including phenoxy) is 1. The largest absolute Gasteiger partial charge is 0.379 e. The van der Waals surface area contributed by atoms with Gasteiger partial charge in [0.2, 0.25) is 0 Å². The summed E-state index contributed by atoms with van der Waals surface area (Å²) in [7, 11) is 0. The van der Waals surface area contributed by atoms with Gasteiger partial charge in [-0.2, -0.15) is 0 Å². The number of benzene rings is 1. The molecule has 0 saturated carbocycles. The van der Waals surface area contributed by atoms with Crippen LogP contribution in [0, 0.1) is 5.82 Å². The summed E-state index contributed by atoms with van der Waals surface area (Å²) in [5, 5.41) is 3.34. The predicted octanol–water partition coefficient (Wildman–Crippen LogP) is 3.67. The second-order valence-corrected chi connectivity index (χ2v) is 4.71. The molecule has 2 nitrogen and oxygen atoms in total. The minimum absolute atomic E-state index is 0.114. The Bertz CT molecular complexity index is 346. The Balaban J connectivity index is 2.70. The molecule has 0 aliphatic rings. The second-order valence-electron chi connectivity index (χ2n) is 3.86. The Morgan fingerprint density at radius 3 is 2.76 bits per heavy atom. The first kappa shape index (κ1) is 14.6. The number of nitrogens with one attached hydrogen (secondary N) is 1. The third kappa shape index (κ3) is 4.74. The number of halogens is 2. The first-order valence-corrected chi connectivity index (χ1v) is 6.74. The van der Waals surface area contributed by atoms with Gasteiger partial charge in [-0.3, -0.25) is 0 Å². The van der Waals surface area contributed by atoms with Crippen molar-refractivity contribution in [2.45, 2.75) is 26.3 Å². The van der Waals surface area contributed by atoms with Crippen molar-refractivity contribution in [3.05, 3.63) is 34.1 Å². The number of rotatable bonds is 7. The van der Waals surface area contributed by atoms with Crippen molar-refractivity contribution < 1.29 is 9.13 Å². The molecule has 4 heteroatoms. The summed E-state index contributed by atoms with van der Waals surface area (Å²) in [5.74, 6) is -0.238. The highest BCUT2D eigenvalue weighted by molar-refractivity contribution is 9.10. The van der Waals surface area contributed by atoms with Crippen LogP contribution in [0.3, 0.4) is 0 Å². The summed E-state index contributed by atoms with van der Waals surface area (Å²) in [6.45, 7) is 6.35. The summed E-state index contributed by atoms with van der Waals surface area (Å²) in [4.78, 5) is 0. The van der Waals surface area contributed by atoms with E-state index in [1.165, 1.54) is 6.07 Å². The highest BCUT2D eigenvalue weighted by Crippen LogP contribution is 2.21. The molecule has 1 aromatic rings. The molecule has 0 aliphatic carbocycles. The van der Waals surface area contributed by atoms with Gasteiger partial charge in [0, 0.05) is 6.61 Å². The van der Waals surface area contributed by atoms with Crippen LogP contribution in [-0.2, 0) is 4.74 Å². The molecule has 0 saturated heterocycles. The molecule has 96 valence electrons. The maximum Gasteiger partial charge on any atom is 0.137 e. The molecule has 0 aliphatic heterocycles. The first-order valence-electron chi connectivity index (χ1n) is 5.95. The van der Waals surface area contributed by atoms with Crippen LogP contribution in [0.4, 0.5) is 4.39 Å². The summed E-state index contributed by atoms with van der Waals surface area (Å²) in [6, 6.07) is 5.19. The van der Waals surface area contributed by atoms with Gasteiger partial charge in [0.15, 0.2) is 0 Å². The lowest BCUT2D eigenvalue weighted by Crippen LogP contribution is -2.25. The molecule has 1 N–H and O–H groups in total. The Kier molecular flexibility index (Phi) is 6.70. The van der Waals surface area contributed by atoms with Gasteiger partial charge < -0.3 is 10.1 Å². The molecule has 0 amide bonds. The van der Waals surface area contributed by atoms with E-state index < -0.39 is 0 Å². The second kappa shape index (κ2) is 7.80. The van der Waals surface area contributed by atoms with Crippen molar-refractivity contribution in [1.29, 1.82) is 0 Å². The van der Waals surface area contributed by atoms with E-state index >= 15 is 0 Å². The van der Waals surface area contributed by atoms with E-state index in [2.05, 4.69) is 28.2 Å². The fourth-order valence-electron chi connectivity index (χ4n) is 1.59. The van der Waals surface area contributed by atoms with Gasteiger partial charge in [0.05, 0.1) is 17.1 Å². The van der Waals surface area contributed by atoms with Gasteiger partial charge >= 0.3 is 0 Å². The van der Waals surface area contributed by atoms with Crippen LogP contribution < -0.4 is 5.32 Å². The smallest absolute Gasteiger partial charge is 0.137 e. The fraction of sp³-hybridized carbons (Fsp3) is 0.538. The lowest BCUT2D eigenvalue weighted by atomic mass is 10.1. The molecule has 1 rings (SSSR count). The summed E-state index contributed by atoms with van der Waals surface area (Å²) >= 11 is 3.20. The van der Waals surface area contributed by atoms with Gasteiger partial charge in [0.25, 0.3) is 0 Å². The van der Waals surface area contributed by atoms with E-state index in [1.807, 2.05) is 6.92 Å². The molecule has 17 heavy (non-hydrogen) atoms. The number of hydrogen-bond acceptors (Lipinski definition) is 2. The Morgan fingerprint density at radius 2 is 2.18 bits per heavy atom. The maximum atomic E-state index is 13.2. The summed E-state index contributed by atoms with van der Waals surface area (Å²) in [5.41, 5.74) is 1.04. The standard InChI is InChI=1S/C13H19BrFNO/c1-3-7-17-9-13(16-4-2)10-5-6-12(15)11(14)8-10/h5-6,8,13,16H,3-4,7,9H2,1-2H3. The lowest BCUT2D eigenvalue weighted by Gasteiger charge is -2.18. The highest BCUT2D eigenvalue weighted by atomic mass is 79.9. The van der Waals surface area contributed by atoms with Crippen molar-refractivity contribution in [3.8, 4) is 0 Å². The Morgan fingerprint density at radius 1 is 1.41 bits per heavy atom. The number of hydrogen-bond donors (Lipinski definition) is 1. The van der Waals surface area contributed by atoms with Crippen LogP contribution >= 0.6 is 15.9 Å². The normalized spacial score (nSPS) is 12.7. The minimum Gasteiger partial charge on any atom is -0.379 e. The molecule has 0 bridgehead atoms. The quantitative estimate of drug-likeness (QED) is 0.776. The van der Waals surface area contributed by atoms with E-state index in [9.17, 15) is 4.39 Å². The van der Waals surface area contributed by atoms with E-state index in [-0.39, 0.29) is 11.9 Å². The molecule has 0 aromatic heterocycles. The summed E-state index contributed by atoms with van der Waals surface area (Å²) < 4.78 is 19.2. The SMILES string of the molecule is CCCOCC(NCC)c1ccc(F)c(Br)c1. The fourth-order valence-corrected chi connectivity index (χ4v) is 1.99. The molecule has 1 aromatic carbocycles. The predicted molar refractivity (Wildman–Crippen MR) is 71.6 cm³/mol. The van der Waals surface area contributed by atoms with Crippen molar-refractivity contribution in [2.24, 2.45) is 0 Å². The van der Waals surface area contributed by atoms with Crippen LogP contribution in [0.25, 0.3) is 0 Å². The van der Waals surface area contributed by atoms with Crippen molar-refractivity contribution >= 4 is 15.9 Å². The monoisotopic (exact) mass is 303 g/mol. The van der Waals surface area contributed by atoms with Crippen LogP contribution in [0.15, 0.2) is 22.7 Å². The van der Waals surface area contributed by atoms with Gasteiger partial charge in [-0.05, 0) is 46.6 Å². The minimum atomic E-state index is -0.238. The summed E-state index contributed by atoms with van der Waals surface area (Å²) in [6.07, 6.45) is 1.01. The zero-order chi connectivity index (χ0) is 12.7. The molecule has 0 fully saturated rings. The zero-order valence-electron chi connectivity index (χ0n) is 10.3. The van der Waals surface area contributed by atoms with Gasteiger partial charge in [0.1, 0.15) is 5.82 Å². The Labute approximate surface area is 111 Å². The van der Waals surface area contributed by atoms with Crippen molar-refractivity contribution in [2.75, 3.05) is 19.8 Å². The molecule has 1 atom stereocenters. The van der Waals surface area contributed by atoms with Gasteiger partial charge in [-0.1, -0.05) is 19.9 Å². The average Bonchev–Trinajstić information content (AvgIpc) is 2.32. The van der Waals surface area contributed by atoms with Gasteiger partial charge in [-0.15, -0.1) is 0 Å². The molecular weight excluding hydrogens is 285 g/mol. The lowest BCUT2D eigenvalue weighted by molar-refractivity contribution is 0.112. The van der Waals surface area contributed by atoms with Crippen molar-refractivity contribution in [3.63, 3.8) is 0 Å². The third-order valence-electron chi connectivity index (χ3n) is 2.43. The van der Waals surface area contributed by atoms with Crippen LogP contribution in [-0.4, -0.2) is 19.8 Å². The van der Waals surface area contributed by atoms with Gasteiger partial charge in [-0.25, -0.2) is 4.39 Å². The van der Waals surface area contributed by atoms with E-state index in [0.29, 0.717) is 11.1 Å². The third-order valence-corrected chi connectivity index (χ3v) is 3.04. The van der Waals surface area contributed by atoms with Crippen LogP contribution in [0.5, 0.6) is 0 Å². The average molecular weight is 304 g/mol.